The van der Waals surface area contributed by atoms with Gasteiger partial charge in [-0.15, -0.1) is 0 Å². The van der Waals surface area contributed by atoms with E-state index in [0.29, 0.717) is 5.56 Å². The molecule has 24 heavy (non-hydrogen) atoms. The van der Waals surface area contributed by atoms with Crippen molar-refractivity contribution in [1.29, 1.82) is 0 Å². The minimum absolute atomic E-state index is 0.134. The molecule has 4 nitrogen and oxygen atoms in total. The number of hydrogen-bond donors (Lipinski definition) is 1. The summed E-state index contributed by atoms with van der Waals surface area (Å²) < 4.78 is 21.2. The molecular formula is C19H21FN2O2. The van der Waals surface area contributed by atoms with Crippen LogP contribution in [-0.4, -0.2) is 23.3 Å². The van der Waals surface area contributed by atoms with E-state index in [0.717, 1.165) is 28.4 Å². The fraction of sp³-hybridized carbons (Fsp3) is 0.316. The second-order valence-corrected chi connectivity index (χ2v) is 5.72. The third-order valence-electron chi connectivity index (χ3n) is 4.32. The Hall–Kier alpha value is -2.40. The summed E-state index contributed by atoms with van der Waals surface area (Å²) in [5.74, 6) is -0.916. The number of aryl methyl sites for hydroxylation is 1. The number of ether oxygens (including phenoxy) is 1. The number of nitrogens with two attached hydrogens (primary N) is 1. The van der Waals surface area contributed by atoms with Crippen molar-refractivity contribution in [1.82, 2.24) is 4.57 Å². The van der Waals surface area contributed by atoms with Gasteiger partial charge >= 0.3 is 5.97 Å². The lowest BCUT2D eigenvalue weighted by Gasteiger charge is -2.16. The molecule has 1 unspecified atom stereocenters. The minimum Gasteiger partial charge on any atom is -0.464 e. The molecule has 0 aliphatic carbocycles. The standard InChI is InChI=1S/C19H21FN2O2/c1-3-22-15-8-6-5-7-13(15)14-11-12(9-10-16(14)22)18(21)17(20)19(23)24-4-2/h5-11,17-18H,3-4,21H2,1-2H3/t17?,18-/m0/s1. The molecule has 2 aromatic carbocycles. The maximum Gasteiger partial charge on any atom is 0.342 e. The van der Waals surface area contributed by atoms with Gasteiger partial charge in [0.05, 0.1) is 12.6 Å². The number of halogens is 1. The summed E-state index contributed by atoms with van der Waals surface area (Å²) in [7, 11) is 0. The summed E-state index contributed by atoms with van der Waals surface area (Å²) >= 11 is 0. The summed E-state index contributed by atoms with van der Waals surface area (Å²) in [6, 6.07) is 12.6. The van der Waals surface area contributed by atoms with Crippen LogP contribution in [0.5, 0.6) is 0 Å². The second-order valence-electron chi connectivity index (χ2n) is 5.72. The van der Waals surface area contributed by atoms with Crippen molar-refractivity contribution in [3.8, 4) is 0 Å². The lowest BCUT2D eigenvalue weighted by atomic mass is 10.0. The molecule has 0 aliphatic heterocycles. The molecule has 2 atom stereocenters. The van der Waals surface area contributed by atoms with Crippen molar-refractivity contribution in [2.45, 2.75) is 32.6 Å². The first-order chi connectivity index (χ1) is 11.6. The van der Waals surface area contributed by atoms with E-state index >= 15 is 0 Å². The van der Waals surface area contributed by atoms with Gasteiger partial charge in [-0.05, 0) is 37.6 Å². The second kappa shape index (κ2) is 6.61. The van der Waals surface area contributed by atoms with Gasteiger partial charge < -0.3 is 15.0 Å². The van der Waals surface area contributed by atoms with E-state index in [2.05, 4.69) is 17.6 Å². The van der Waals surface area contributed by atoms with Gasteiger partial charge in [0.2, 0.25) is 6.17 Å². The zero-order chi connectivity index (χ0) is 17.3. The van der Waals surface area contributed by atoms with E-state index in [1.165, 1.54) is 0 Å². The predicted molar refractivity (Wildman–Crippen MR) is 93.6 cm³/mol. The SMILES string of the molecule is CCOC(=O)C(F)[C@@H](N)c1ccc2c(c1)c1ccccc1n2CC. The number of nitrogens with zero attached hydrogens (tertiary/aromatic N) is 1. The molecule has 5 heteroatoms. The molecule has 0 saturated carbocycles. The number of carbonyl (C=O) groups is 1. The number of fused-ring (bicyclic) bond motifs is 3. The van der Waals surface area contributed by atoms with E-state index in [4.69, 9.17) is 10.5 Å². The Labute approximate surface area is 140 Å². The number of alkyl halides is 1. The number of para-hydroxylation sites is 1. The van der Waals surface area contributed by atoms with Crippen LogP contribution in [0, 0.1) is 0 Å². The average molecular weight is 328 g/mol. The van der Waals surface area contributed by atoms with Gasteiger partial charge in [0.1, 0.15) is 0 Å². The number of esters is 1. The van der Waals surface area contributed by atoms with Gasteiger partial charge in [-0.1, -0.05) is 24.3 Å². The summed E-state index contributed by atoms with van der Waals surface area (Å²) in [5, 5.41) is 2.10. The van der Waals surface area contributed by atoms with Crippen LogP contribution in [0.4, 0.5) is 4.39 Å². The van der Waals surface area contributed by atoms with Gasteiger partial charge in [-0.2, -0.15) is 0 Å². The molecule has 0 saturated heterocycles. The summed E-state index contributed by atoms with van der Waals surface area (Å²) in [6.07, 6.45) is -1.87. The highest BCUT2D eigenvalue weighted by Gasteiger charge is 2.28. The average Bonchev–Trinajstić information content (AvgIpc) is 2.93. The monoisotopic (exact) mass is 328 g/mol. The molecule has 2 N–H and O–H groups in total. The van der Waals surface area contributed by atoms with Crippen molar-refractivity contribution >= 4 is 27.8 Å². The lowest BCUT2D eigenvalue weighted by molar-refractivity contribution is -0.149. The molecule has 3 aromatic rings. The van der Waals surface area contributed by atoms with E-state index in [-0.39, 0.29) is 6.61 Å². The Bertz CT molecular complexity index is 888. The smallest absolute Gasteiger partial charge is 0.342 e. The number of hydrogen-bond acceptors (Lipinski definition) is 3. The van der Waals surface area contributed by atoms with Crippen LogP contribution in [0.2, 0.25) is 0 Å². The molecular weight excluding hydrogens is 307 g/mol. The van der Waals surface area contributed by atoms with Gasteiger partial charge in [-0.25, -0.2) is 9.18 Å². The molecule has 0 aliphatic rings. The summed E-state index contributed by atoms with van der Waals surface area (Å²) in [4.78, 5) is 11.6. The van der Waals surface area contributed by atoms with Crippen LogP contribution >= 0.6 is 0 Å². The highest BCUT2D eigenvalue weighted by Crippen LogP contribution is 2.31. The molecule has 0 radical (unpaired) electrons. The first-order valence-electron chi connectivity index (χ1n) is 8.15. The van der Waals surface area contributed by atoms with Crippen LogP contribution in [0.25, 0.3) is 21.8 Å². The van der Waals surface area contributed by atoms with Gasteiger partial charge in [0.25, 0.3) is 0 Å². The topological polar surface area (TPSA) is 57.2 Å². The van der Waals surface area contributed by atoms with Gasteiger partial charge in [0.15, 0.2) is 0 Å². The minimum atomic E-state index is -1.87. The third-order valence-corrected chi connectivity index (χ3v) is 4.32. The quantitative estimate of drug-likeness (QED) is 0.726. The molecule has 1 heterocycles. The van der Waals surface area contributed by atoms with E-state index in [1.807, 2.05) is 30.3 Å². The van der Waals surface area contributed by atoms with Crippen LogP contribution < -0.4 is 5.73 Å². The Balaban J connectivity index is 2.08. The summed E-state index contributed by atoms with van der Waals surface area (Å²) in [5.41, 5.74) is 8.74. The van der Waals surface area contributed by atoms with Crippen LogP contribution in [0.15, 0.2) is 42.5 Å². The fourth-order valence-electron chi connectivity index (χ4n) is 3.16. The molecule has 3 rings (SSSR count). The fourth-order valence-corrected chi connectivity index (χ4v) is 3.16. The van der Waals surface area contributed by atoms with E-state index < -0.39 is 18.2 Å². The maximum absolute atomic E-state index is 14.2. The Morgan fingerprint density at radius 1 is 1.17 bits per heavy atom. The van der Waals surface area contributed by atoms with Crippen molar-refractivity contribution in [2.75, 3.05) is 6.61 Å². The largest absolute Gasteiger partial charge is 0.464 e. The van der Waals surface area contributed by atoms with Crippen LogP contribution in [-0.2, 0) is 16.1 Å². The number of carbonyl (C=O) groups excluding carboxylic acids is 1. The molecule has 0 spiro atoms. The van der Waals surface area contributed by atoms with Gasteiger partial charge in [-0.3, -0.25) is 0 Å². The molecule has 126 valence electrons. The Kier molecular flexibility index (Phi) is 4.53. The molecule has 0 fully saturated rings. The highest BCUT2D eigenvalue weighted by atomic mass is 19.1. The zero-order valence-electron chi connectivity index (χ0n) is 13.8. The highest BCUT2D eigenvalue weighted by molar-refractivity contribution is 6.08. The van der Waals surface area contributed by atoms with Crippen LogP contribution in [0.3, 0.4) is 0 Å². The van der Waals surface area contributed by atoms with Crippen molar-refractivity contribution in [3.63, 3.8) is 0 Å². The summed E-state index contributed by atoms with van der Waals surface area (Å²) in [6.45, 7) is 4.70. The third kappa shape index (κ3) is 2.65. The van der Waals surface area contributed by atoms with Crippen molar-refractivity contribution < 1.29 is 13.9 Å². The van der Waals surface area contributed by atoms with E-state index in [9.17, 15) is 9.18 Å². The molecule has 1 aromatic heterocycles. The zero-order valence-corrected chi connectivity index (χ0v) is 13.8. The predicted octanol–water partition coefficient (Wildman–Crippen LogP) is 3.72. The van der Waals surface area contributed by atoms with Crippen molar-refractivity contribution in [3.05, 3.63) is 48.0 Å². The van der Waals surface area contributed by atoms with E-state index in [1.54, 1.807) is 13.0 Å². The lowest BCUT2D eigenvalue weighted by Crippen LogP contribution is -2.31. The molecule has 0 amide bonds. The van der Waals surface area contributed by atoms with Crippen LogP contribution in [0.1, 0.15) is 25.5 Å². The molecule has 0 bridgehead atoms. The first kappa shape index (κ1) is 16.5. The number of aromatic nitrogens is 1. The van der Waals surface area contributed by atoms with Crippen molar-refractivity contribution in [2.24, 2.45) is 5.73 Å². The number of benzene rings is 2. The first-order valence-corrected chi connectivity index (χ1v) is 8.15. The normalized spacial score (nSPS) is 14.0. The Morgan fingerprint density at radius 2 is 1.88 bits per heavy atom. The maximum atomic E-state index is 14.2. The number of rotatable bonds is 5. The Morgan fingerprint density at radius 3 is 2.58 bits per heavy atom. The van der Waals surface area contributed by atoms with Gasteiger partial charge in [0, 0.05) is 28.4 Å².